The molecular weight excluding hydrogens is 303 g/mol. The summed E-state index contributed by atoms with van der Waals surface area (Å²) in [7, 11) is -4.39. The second kappa shape index (κ2) is 10.3. The molecule has 1 aromatic carbocycles. The second-order valence-corrected chi connectivity index (χ2v) is 5.95. The van der Waals surface area contributed by atoms with E-state index in [4.69, 9.17) is 9.29 Å². The Labute approximate surface area is 148 Å². The van der Waals surface area contributed by atoms with Crippen molar-refractivity contribution >= 4 is 45.6 Å². The number of rotatable bonds is 8. The Kier molecular flexibility index (Phi) is 10.1. The molecule has 0 aliphatic carbocycles. The standard InChI is InChI=1S/C14H20O5S.Na.H/c1-2-3-4-5-6-11-14(15)19-12-9-7-8-10-13(12)20(16,17)18;;/h7-10H,2-6,11H2,1H3,(H,16,17,18);;. The number of para-hydroxylation sites is 1. The summed E-state index contributed by atoms with van der Waals surface area (Å²) in [6.07, 6.45) is 5.25. The minimum absolute atomic E-state index is 0. The molecule has 7 heteroatoms. The molecule has 0 aromatic heterocycles. The second-order valence-electron chi connectivity index (χ2n) is 4.56. The van der Waals surface area contributed by atoms with Crippen LogP contribution in [-0.2, 0) is 14.9 Å². The Morgan fingerprint density at radius 2 is 1.76 bits per heavy atom. The van der Waals surface area contributed by atoms with Gasteiger partial charge in [0.1, 0.15) is 4.90 Å². The Morgan fingerprint density at radius 3 is 2.38 bits per heavy atom. The van der Waals surface area contributed by atoms with Crippen LogP contribution in [0.2, 0.25) is 0 Å². The van der Waals surface area contributed by atoms with Crippen LogP contribution in [0.5, 0.6) is 5.75 Å². The van der Waals surface area contributed by atoms with E-state index < -0.39 is 16.1 Å². The van der Waals surface area contributed by atoms with Gasteiger partial charge in [-0.15, -0.1) is 0 Å². The predicted octanol–water partition coefficient (Wildman–Crippen LogP) is 2.55. The van der Waals surface area contributed by atoms with E-state index in [0.717, 1.165) is 25.7 Å². The molecular formula is C14H21NaO5S. The summed E-state index contributed by atoms with van der Waals surface area (Å²) in [6, 6.07) is 5.53. The van der Waals surface area contributed by atoms with Crippen LogP contribution in [0.25, 0.3) is 0 Å². The van der Waals surface area contributed by atoms with Crippen molar-refractivity contribution in [3.05, 3.63) is 24.3 Å². The van der Waals surface area contributed by atoms with Gasteiger partial charge in [-0.2, -0.15) is 8.42 Å². The molecule has 0 bridgehead atoms. The van der Waals surface area contributed by atoms with Gasteiger partial charge in [0.15, 0.2) is 5.75 Å². The van der Waals surface area contributed by atoms with Crippen LogP contribution in [0.15, 0.2) is 29.2 Å². The van der Waals surface area contributed by atoms with E-state index in [1.165, 1.54) is 18.2 Å². The zero-order valence-corrected chi connectivity index (χ0v) is 12.4. The van der Waals surface area contributed by atoms with Crippen LogP contribution in [0.1, 0.15) is 45.4 Å². The number of hydrogen-bond acceptors (Lipinski definition) is 4. The molecule has 0 atom stereocenters. The third-order valence-corrected chi connectivity index (χ3v) is 3.73. The molecule has 21 heavy (non-hydrogen) atoms. The number of unbranched alkanes of at least 4 members (excludes halogenated alkanes) is 4. The van der Waals surface area contributed by atoms with Crippen LogP contribution in [0.3, 0.4) is 0 Å². The first-order valence-corrected chi connectivity index (χ1v) is 8.16. The van der Waals surface area contributed by atoms with E-state index >= 15 is 0 Å². The van der Waals surface area contributed by atoms with E-state index in [1.807, 2.05) is 0 Å². The van der Waals surface area contributed by atoms with Gasteiger partial charge in [-0.3, -0.25) is 9.35 Å². The first-order chi connectivity index (χ1) is 9.45. The third-order valence-electron chi connectivity index (χ3n) is 2.84. The summed E-state index contributed by atoms with van der Waals surface area (Å²) in [6.45, 7) is 2.11. The summed E-state index contributed by atoms with van der Waals surface area (Å²) in [5, 5.41) is 0. The fraction of sp³-hybridized carbons (Fsp3) is 0.500. The van der Waals surface area contributed by atoms with Gasteiger partial charge in [-0.1, -0.05) is 44.7 Å². The van der Waals surface area contributed by atoms with E-state index in [-0.39, 0.29) is 46.6 Å². The first kappa shape index (κ1) is 20.6. The van der Waals surface area contributed by atoms with Crippen molar-refractivity contribution in [2.75, 3.05) is 0 Å². The monoisotopic (exact) mass is 324 g/mol. The van der Waals surface area contributed by atoms with Gasteiger partial charge >= 0.3 is 35.5 Å². The van der Waals surface area contributed by atoms with Crippen molar-refractivity contribution in [1.82, 2.24) is 0 Å². The molecule has 0 fully saturated rings. The van der Waals surface area contributed by atoms with E-state index in [2.05, 4.69) is 6.92 Å². The predicted molar refractivity (Wildman–Crippen MR) is 82.4 cm³/mol. The molecule has 0 heterocycles. The maximum atomic E-state index is 11.6. The molecule has 0 radical (unpaired) electrons. The molecule has 0 spiro atoms. The summed E-state index contributed by atoms with van der Waals surface area (Å²) in [5.41, 5.74) is 0. The molecule has 1 aromatic rings. The van der Waals surface area contributed by atoms with Gasteiger partial charge in [0, 0.05) is 6.42 Å². The Morgan fingerprint density at radius 1 is 1.14 bits per heavy atom. The van der Waals surface area contributed by atoms with Gasteiger partial charge in [-0.25, -0.2) is 0 Å². The van der Waals surface area contributed by atoms with Crippen molar-refractivity contribution in [3.8, 4) is 5.75 Å². The number of carbonyl (C=O) groups excluding carboxylic acids is 1. The normalized spacial score (nSPS) is 10.8. The maximum absolute atomic E-state index is 11.6. The molecule has 0 aliphatic heterocycles. The average molecular weight is 324 g/mol. The van der Waals surface area contributed by atoms with E-state index in [0.29, 0.717) is 6.42 Å². The van der Waals surface area contributed by atoms with Gasteiger partial charge in [0.2, 0.25) is 0 Å². The van der Waals surface area contributed by atoms with Crippen LogP contribution in [0.4, 0.5) is 0 Å². The molecule has 0 amide bonds. The Balaban J connectivity index is 0.00000400. The van der Waals surface area contributed by atoms with E-state index in [1.54, 1.807) is 6.07 Å². The number of esters is 1. The van der Waals surface area contributed by atoms with Crippen molar-refractivity contribution in [1.29, 1.82) is 0 Å². The molecule has 0 saturated carbocycles. The number of benzene rings is 1. The fourth-order valence-electron chi connectivity index (χ4n) is 1.79. The summed E-state index contributed by atoms with van der Waals surface area (Å²) in [4.78, 5) is 11.2. The summed E-state index contributed by atoms with van der Waals surface area (Å²) >= 11 is 0. The molecule has 1 rings (SSSR count). The third kappa shape index (κ3) is 7.97. The molecule has 0 saturated heterocycles. The molecule has 0 unspecified atom stereocenters. The molecule has 0 aliphatic rings. The van der Waals surface area contributed by atoms with Crippen molar-refractivity contribution in [2.24, 2.45) is 0 Å². The number of carbonyl (C=O) groups is 1. The van der Waals surface area contributed by atoms with Crippen LogP contribution >= 0.6 is 0 Å². The number of ether oxygens (including phenoxy) is 1. The van der Waals surface area contributed by atoms with Crippen molar-refractivity contribution in [2.45, 2.75) is 50.3 Å². The van der Waals surface area contributed by atoms with Crippen molar-refractivity contribution < 1.29 is 22.5 Å². The molecule has 114 valence electrons. The first-order valence-electron chi connectivity index (χ1n) is 6.72. The van der Waals surface area contributed by atoms with Gasteiger partial charge in [0.05, 0.1) is 0 Å². The molecule has 1 N–H and O–H groups in total. The zero-order valence-electron chi connectivity index (χ0n) is 11.5. The van der Waals surface area contributed by atoms with Gasteiger partial charge in [0.25, 0.3) is 10.1 Å². The summed E-state index contributed by atoms with van der Waals surface area (Å²) < 4.78 is 36.3. The van der Waals surface area contributed by atoms with Crippen LogP contribution in [-0.4, -0.2) is 48.5 Å². The minimum atomic E-state index is -4.39. The van der Waals surface area contributed by atoms with Gasteiger partial charge < -0.3 is 4.74 Å². The van der Waals surface area contributed by atoms with Gasteiger partial charge in [-0.05, 0) is 18.6 Å². The number of hydrogen-bond donors (Lipinski definition) is 1. The van der Waals surface area contributed by atoms with E-state index in [9.17, 15) is 13.2 Å². The zero-order chi connectivity index (χ0) is 15.0. The summed E-state index contributed by atoms with van der Waals surface area (Å²) in [5.74, 6) is -0.619. The van der Waals surface area contributed by atoms with Crippen LogP contribution < -0.4 is 4.74 Å². The quantitative estimate of drug-likeness (QED) is 0.261. The topological polar surface area (TPSA) is 80.7 Å². The molecule has 5 nitrogen and oxygen atoms in total. The Hall–Kier alpha value is -0.400. The average Bonchev–Trinajstić information content (AvgIpc) is 2.38. The van der Waals surface area contributed by atoms with Crippen LogP contribution in [0, 0.1) is 0 Å². The fourth-order valence-corrected chi connectivity index (χ4v) is 2.41. The Bertz CT molecular complexity index is 542. The SMILES string of the molecule is CCCCCCCC(=O)Oc1ccccc1S(=O)(=O)O.[NaH]. The van der Waals surface area contributed by atoms with Crippen molar-refractivity contribution in [3.63, 3.8) is 0 Å².